The molecule has 3 N–H and O–H groups in total. The fraction of sp³-hybridized carbons (Fsp3) is 0.200. The Labute approximate surface area is 181 Å². The van der Waals surface area contributed by atoms with Crippen LogP contribution < -0.4 is 20.7 Å². The number of aromatic nitrogens is 1. The van der Waals surface area contributed by atoms with E-state index in [0.29, 0.717) is 22.8 Å². The molecule has 4 amide bonds. The van der Waals surface area contributed by atoms with Gasteiger partial charge in [-0.15, -0.1) is 11.3 Å². The second kappa shape index (κ2) is 9.76. The molecule has 0 fully saturated rings. The summed E-state index contributed by atoms with van der Waals surface area (Å²) in [5.74, 6) is -2.25. The van der Waals surface area contributed by atoms with Gasteiger partial charge in [-0.2, -0.15) is 0 Å². The van der Waals surface area contributed by atoms with E-state index in [1.807, 2.05) is 0 Å². The fourth-order valence-corrected chi connectivity index (χ4v) is 3.43. The highest BCUT2D eigenvalue weighted by molar-refractivity contribution is 7.14. The van der Waals surface area contributed by atoms with Crippen LogP contribution in [0.1, 0.15) is 12.6 Å². The lowest BCUT2D eigenvalue weighted by Gasteiger charge is -2.12. The zero-order chi connectivity index (χ0) is 22.4. The van der Waals surface area contributed by atoms with Crippen molar-refractivity contribution in [3.05, 3.63) is 41.4 Å². The third-order valence-electron chi connectivity index (χ3n) is 4.06. The Hall–Kier alpha value is -3.86. The third kappa shape index (κ3) is 5.82. The molecule has 0 bridgehead atoms. The van der Waals surface area contributed by atoms with E-state index in [-0.39, 0.29) is 23.4 Å². The van der Waals surface area contributed by atoms with Gasteiger partial charge in [-0.05, 0) is 24.3 Å². The summed E-state index contributed by atoms with van der Waals surface area (Å²) in [4.78, 5) is 55.4. The van der Waals surface area contributed by atoms with Gasteiger partial charge in [0.2, 0.25) is 17.7 Å². The highest BCUT2D eigenvalue weighted by Gasteiger charge is 2.25. The summed E-state index contributed by atoms with van der Waals surface area (Å²) in [6, 6.07) is 4.87. The molecular weight excluding hydrogens is 422 g/mol. The summed E-state index contributed by atoms with van der Waals surface area (Å²) in [6.07, 6.45) is 4.26. The maximum atomic E-state index is 12.5. The van der Waals surface area contributed by atoms with Gasteiger partial charge >= 0.3 is 0 Å². The lowest BCUT2D eigenvalue weighted by atomic mass is 10.1. The number of hydrogen-bond donors (Lipinski definition) is 3. The molecule has 1 aliphatic rings. The Kier molecular flexibility index (Phi) is 6.88. The highest BCUT2D eigenvalue weighted by atomic mass is 32.1. The van der Waals surface area contributed by atoms with Crippen LogP contribution in [-0.2, 0) is 25.6 Å². The molecule has 0 saturated carbocycles. The number of anilines is 3. The highest BCUT2D eigenvalue weighted by Crippen LogP contribution is 2.28. The van der Waals surface area contributed by atoms with Gasteiger partial charge in [0, 0.05) is 24.2 Å². The zero-order valence-corrected chi connectivity index (χ0v) is 17.5. The maximum absolute atomic E-state index is 12.5. The van der Waals surface area contributed by atoms with Crippen LogP contribution in [0.15, 0.2) is 40.7 Å². The molecular formula is C20H19N5O5S. The van der Waals surface area contributed by atoms with Crippen molar-refractivity contribution in [2.45, 2.75) is 13.3 Å². The quantitative estimate of drug-likeness (QED) is 0.562. The maximum Gasteiger partial charge on any atom is 0.262 e. The van der Waals surface area contributed by atoms with Crippen molar-refractivity contribution in [3.8, 4) is 5.75 Å². The summed E-state index contributed by atoms with van der Waals surface area (Å²) in [7, 11) is 1.47. The van der Waals surface area contributed by atoms with Gasteiger partial charge in [0.05, 0.1) is 24.9 Å². The Morgan fingerprint density at radius 2 is 2.00 bits per heavy atom. The molecule has 11 heteroatoms. The average molecular weight is 441 g/mol. The molecule has 10 nitrogen and oxygen atoms in total. The number of benzene rings is 1. The molecule has 160 valence electrons. The molecule has 0 aliphatic carbocycles. The van der Waals surface area contributed by atoms with E-state index in [0.717, 1.165) is 11.3 Å². The monoisotopic (exact) mass is 441 g/mol. The minimum Gasteiger partial charge on any atom is -0.495 e. The first kappa shape index (κ1) is 21.8. The van der Waals surface area contributed by atoms with E-state index >= 15 is 0 Å². The number of rotatable bonds is 7. The van der Waals surface area contributed by atoms with Crippen molar-refractivity contribution in [1.29, 1.82) is 0 Å². The van der Waals surface area contributed by atoms with E-state index in [1.165, 1.54) is 32.4 Å². The van der Waals surface area contributed by atoms with Gasteiger partial charge < -0.3 is 20.7 Å². The van der Waals surface area contributed by atoms with Gasteiger partial charge in [-0.25, -0.2) is 9.98 Å². The van der Waals surface area contributed by atoms with Crippen molar-refractivity contribution >= 4 is 57.7 Å². The number of nitrogens with one attached hydrogen (secondary N) is 3. The molecule has 1 unspecified atom stereocenters. The second-order valence-electron chi connectivity index (χ2n) is 6.43. The number of methoxy groups -OCH3 is 1. The van der Waals surface area contributed by atoms with Crippen molar-refractivity contribution in [3.63, 3.8) is 0 Å². The summed E-state index contributed by atoms with van der Waals surface area (Å²) in [5.41, 5.74) is 1.35. The Balaban J connectivity index is 1.62. The Morgan fingerprint density at radius 3 is 2.71 bits per heavy atom. The number of carbonyl (C=O) groups is 4. The first-order valence-electron chi connectivity index (χ1n) is 9.11. The SMILES string of the molecule is COc1ccc(NC(C)=O)cc1NC(=O)Cc1csc(NC(=O)C2C=CC=NC2=O)n1. The number of hydrogen-bond acceptors (Lipinski definition) is 7. The number of ether oxygens (including phenoxy) is 1. The normalized spacial score (nSPS) is 14.8. The lowest BCUT2D eigenvalue weighted by Crippen LogP contribution is -2.28. The van der Waals surface area contributed by atoms with Crippen molar-refractivity contribution in [2.75, 3.05) is 23.1 Å². The first-order valence-corrected chi connectivity index (χ1v) is 9.99. The van der Waals surface area contributed by atoms with Crippen LogP contribution >= 0.6 is 11.3 Å². The smallest absolute Gasteiger partial charge is 0.262 e. The number of thiazole rings is 1. The van der Waals surface area contributed by atoms with Crippen molar-refractivity contribution in [1.82, 2.24) is 4.98 Å². The average Bonchev–Trinajstić information content (AvgIpc) is 3.14. The van der Waals surface area contributed by atoms with Crippen LogP contribution in [0.3, 0.4) is 0 Å². The molecule has 2 aromatic rings. The topological polar surface area (TPSA) is 139 Å². The van der Waals surface area contributed by atoms with Gasteiger partial charge in [-0.1, -0.05) is 6.08 Å². The molecule has 1 aromatic heterocycles. The summed E-state index contributed by atoms with van der Waals surface area (Å²) >= 11 is 1.14. The van der Waals surface area contributed by atoms with E-state index in [2.05, 4.69) is 25.9 Å². The molecule has 0 radical (unpaired) electrons. The molecule has 31 heavy (non-hydrogen) atoms. The van der Waals surface area contributed by atoms with Crippen molar-refractivity contribution in [2.24, 2.45) is 10.9 Å². The number of allylic oxidation sites excluding steroid dienone is 1. The Bertz CT molecular complexity index is 1090. The Morgan fingerprint density at radius 1 is 1.19 bits per heavy atom. The molecule has 1 atom stereocenters. The van der Waals surface area contributed by atoms with E-state index in [4.69, 9.17) is 4.74 Å². The second-order valence-corrected chi connectivity index (χ2v) is 7.29. The predicted octanol–water partition coefficient (Wildman–Crippen LogP) is 2.01. The summed E-state index contributed by atoms with van der Waals surface area (Å²) < 4.78 is 5.24. The van der Waals surface area contributed by atoms with E-state index < -0.39 is 17.7 Å². The minimum absolute atomic E-state index is 0.0492. The van der Waals surface area contributed by atoms with Crippen LogP contribution in [0.2, 0.25) is 0 Å². The molecule has 1 aromatic carbocycles. The van der Waals surface area contributed by atoms with Gasteiger partial charge in [-0.3, -0.25) is 19.2 Å². The summed E-state index contributed by atoms with van der Waals surface area (Å²) in [6.45, 7) is 1.38. The summed E-state index contributed by atoms with van der Waals surface area (Å²) in [5, 5.41) is 9.83. The predicted molar refractivity (Wildman–Crippen MR) is 117 cm³/mol. The molecule has 0 saturated heterocycles. The number of carbonyl (C=O) groups excluding carboxylic acids is 4. The minimum atomic E-state index is -0.996. The van der Waals surface area contributed by atoms with E-state index in [9.17, 15) is 19.2 Å². The number of amides is 4. The van der Waals surface area contributed by atoms with Crippen LogP contribution in [0, 0.1) is 5.92 Å². The standard InChI is InChI=1S/C20H19N5O5S/c1-11(26)22-12-5-6-16(30-2)15(8-12)24-17(27)9-13-10-31-20(23-13)25-19(29)14-4-3-7-21-18(14)28/h3-8,10,14H,9H2,1-2H3,(H,22,26)(H,24,27)(H,23,25,29). The van der Waals surface area contributed by atoms with Gasteiger partial charge in [0.25, 0.3) is 5.91 Å². The lowest BCUT2D eigenvalue weighted by molar-refractivity contribution is -0.128. The molecule has 3 rings (SSSR count). The van der Waals surface area contributed by atoms with Crippen LogP contribution in [0.5, 0.6) is 5.75 Å². The largest absolute Gasteiger partial charge is 0.495 e. The molecule has 0 spiro atoms. The number of nitrogens with zero attached hydrogens (tertiary/aromatic N) is 2. The van der Waals surface area contributed by atoms with Crippen LogP contribution in [0.25, 0.3) is 0 Å². The fourth-order valence-electron chi connectivity index (χ4n) is 2.71. The third-order valence-corrected chi connectivity index (χ3v) is 4.86. The number of aliphatic imine (C=N–C) groups is 1. The zero-order valence-electron chi connectivity index (χ0n) is 16.7. The van der Waals surface area contributed by atoms with Gasteiger partial charge in [0.15, 0.2) is 5.13 Å². The van der Waals surface area contributed by atoms with E-state index in [1.54, 1.807) is 23.6 Å². The first-order chi connectivity index (χ1) is 14.9. The van der Waals surface area contributed by atoms with Crippen molar-refractivity contribution < 1.29 is 23.9 Å². The number of dihydropyridines is 1. The van der Waals surface area contributed by atoms with Crippen LogP contribution in [-0.4, -0.2) is 41.9 Å². The van der Waals surface area contributed by atoms with Gasteiger partial charge in [0.1, 0.15) is 11.7 Å². The molecule has 1 aliphatic heterocycles. The van der Waals surface area contributed by atoms with Crippen LogP contribution in [0.4, 0.5) is 16.5 Å². The molecule has 2 heterocycles.